The van der Waals surface area contributed by atoms with Crippen LogP contribution in [0.1, 0.15) is 67.0 Å². The molecule has 1 fully saturated rings. The van der Waals surface area contributed by atoms with Crippen LogP contribution in [0.15, 0.2) is 54.9 Å². The second kappa shape index (κ2) is 10.5. The highest BCUT2D eigenvalue weighted by molar-refractivity contribution is 6.01. The van der Waals surface area contributed by atoms with Crippen molar-refractivity contribution in [1.82, 2.24) is 24.6 Å². The number of benzene rings is 1. The van der Waals surface area contributed by atoms with Crippen LogP contribution in [0, 0.1) is 0 Å². The van der Waals surface area contributed by atoms with E-state index < -0.39 is 6.04 Å². The monoisotopic (exact) mass is 475 g/mol. The summed E-state index contributed by atoms with van der Waals surface area (Å²) in [5, 5.41) is 7.86. The van der Waals surface area contributed by atoms with Crippen molar-refractivity contribution in [3.8, 4) is 11.5 Å². The predicted octanol–water partition coefficient (Wildman–Crippen LogP) is 4.04. The zero-order chi connectivity index (χ0) is 24.2. The van der Waals surface area contributed by atoms with Crippen LogP contribution in [0.3, 0.4) is 0 Å². The maximum absolute atomic E-state index is 13.9. The Labute approximate surface area is 205 Å². The van der Waals surface area contributed by atoms with Gasteiger partial charge in [0.1, 0.15) is 5.56 Å². The van der Waals surface area contributed by atoms with Crippen molar-refractivity contribution in [3.63, 3.8) is 0 Å². The first-order valence-corrected chi connectivity index (χ1v) is 12.6. The Morgan fingerprint density at radius 2 is 1.86 bits per heavy atom. The van der Waals surface area contributed by atoms with Crippen LogP contribution in [-0.2, 0) is 9.53 Å². The quantitative estimate of drug-likeness (QED) is 0.413. The minimum atomic E-state index is -0.728. The Kier molecular flexibility index (Phi) is 6.99. The van der Waals surface area contributed by atoms with E-state index in [4.69, 9.17) is 4.74 Å². The summed E-state index contributed by atoms with van der Waals surface area (Å²) in [7, 11) is 1.65. The molecule has 1 saturated carbocycles. The molecule has 1 unspecified atom stereocenters. The minimum Gasteiger partial charge on any atom is -0.385 e. The van der Waals surface area contributed by atoms with Gasteiger partial charge < -0.3 is 19.5 Å². The first-order valence-electron chi connectivity index (χ1n) is 12.6. The number of hydrogen-bond acceptors (Lipinski definition) is 4. The number of ether oxygens (including phenoxy) is 1. The minimum absolute atomic E-state index is 0.119. The Morgan fingerprint density at radius 3 is 2.60 bits per heavy atom. The smallest absolute Gasteiger partial charge is 0.260 e. The number of carbonyl (C=O) groups is 2. The van der Waals surface area contributed by atoms with Gasteiger partial charge >= 0.3 is 0 Å². The van der Waals surface area contributed by atoms with Crippen molar-refractivity contribution in [2.24, 2.45) is 0 Å². The number of amides is 2. The van der Waals surface area contributed by atoms with Gasteiger partial charge in [0.25, 0.3) is 5.91 Å². The Bertz CT molecular complexity index is 1160. The summed E-state index contributed by atoms with van der Waals surface area (Å²) >= 11 is 0. The highest BCUT2D eigenvalue weighted by Crippen LogP contribution is 2.34. The van der Waals surface area contributed by atoms with E-state index >= 15 is 0 Å². The summed E-state index contributed by atoms with van der Waals surface area (Å²) in [4.78, 5) is 29.5. The van der Waals surface area contributed by atoms with Crippen molar-refractivity contribution in [3.05, 3.63) is 66.1 Å². The van der Waals surface area contributed by atoms with Gasteiger partial charge in [-0.1, -0.05) is 43.9 Å². The van der Waals surface area contributed by atoms with Crippen molar-refractivity contribution >= 4 is 11.8 Å². The molecule has 3 aromatic rings. The van der Waals surface area contributed by atoms with E-state index in [2.05, 4.69) is 10.4 Å². The van der Waals surface area contributed by atoms with Crippen LogP contribution in [0.2, 0.25) is 0 Å². The molecule has 2 amide bonds. The van der Waals surface area contributed by atoms with Gasteiger partial charge in [0.2, 0.25) is 5.91 Å². The van der Waals surface area contributed by atoms with Crippen LogP contribution in [0.4, 0.5) is 0 Å². The molecule has 1 aliphatic carbocycles. The summed E-state index contributed by atoms with van der Waals surface area (Å²) in [6, 6.07) is 13.0. The molecule has 0 radical (unpaired) electrons. The highest BCUT2D eigenvalue weighted by Gasteiger charge is 2.40. The summed E-state index contributed by atoms with van der Waals surface area (Å²) in [6.45, 7) is 0.925. The number of carbonyl (C=O) groups excluding carboxylic acids is 2. The van der Waals surface area contributed by atoms with E-state index in [0.29, 0.717) is 31.0 Å². The lowest BCUT2D eigenvalue weighted by Crippen LogP contribution is -2.46. The van der Waals surface area contributed by atoms with E-state index in [1.807, 2.05) is 53.2 Å². The molecule has 1 aliphatic heterocycles. The second-order valence-corrected chi connectivity index (χ2v) is 9.38. The van der Waals surface area contributed by atoms with Gasteiger partial charge in [0.05, 0.1) is 17.6 Å². The Hall–Kier alpha value is -3.39. The lowest BCUT2D eigenvalue weighted by Gasteiger charge is -2.31. The van der Waals surface area contributed by atoms with Crippen LogP contribution in [0.25, 0.3) is 11.5 Å². The van der Waals surface area contributed by atoms with Crippen molar-refractivity contribution < 1.29 is 14.3 Å². The van der Waals surface area contributed by atoms with Gasteiger partial charge in [-0.05, 0) is 43.5 Å². The number of fused-ring (bicyclic) bond motifs is 3. The fourth-order valence-corrected chi connectivity index (χ4v) is 5.31. The fraction of sp³-hybridized carbons (Fsp3) is 0.444. The first kappa shape index (κ1) is 23.4. The molecule has 0 saturated heterocycles. The van der Waals surface area contributed by atoms with Crippen molar-refractivity contribution in [2.45, 2.75) is 57.0 Å². The number of hydrogen-bond donors (Lipinski definition) is 1. The van der Waals surface area contributed by atoms with E-state index in [9.17, 15) is 9.59 Å². The largest absolute Gasteiger partial charge is 0.385 e. The molecule has 35 heavy (non-hydrogen) atoms. The van der Waals surface area contributed by atoms with Gasteiger partial charge in [0.15, 0.2) is 11.9 Å². The Morgan fingerprint density at radius 1 is 1.09 bits per heavy atom. The molecule has 2 aliphatic rings. The zero-order valence-electron chi connectivity index (χ0n) is 20.2. The van der Waals surface area contributed by atoms with Crippen molar-refractivity contribution in [1.29, 1.82) is 0 Å². The predicted molar refractivity (Wildman–Crippen MR) is 133 cm³/mol. The third kappa shape index (κ3) is 4.62. The molecule has 2 aromatic heterocycles. The molecule has 1 aromatic carbocycles. The van der Waals surface area contributed by atoms with E-state index in [1.54, 1.807) is 22.9 Å². The average molecular weight is 476 g/mol. The average Bonchev–Trinajstić information content (AvgIpc) is 3.42. The van der Waals surface area contributed by atoms with Crippen LogP contribution >= 0.6 is 0 Å². The topological polar surface area (TPSA) is 81.4 Å². The molecular formula is C27H33N5O3. The lowest BCUT2D eigenvalue weighted by molar-refractivity contribution is -0.127. The number of aromatic nitrogens is 3. The van der Waals surface area contributed by atoms with Gasteiger partial charge in [-0.25, -0.2) is 4.68 Å². The number of nitrogens with zero attached hydrogens (tertiary/aromatic N) is 4. The fourth-order valence-electron chi connectivity index (χ4n) is 5.31. The molecule has 0 bridgehead atoms. The summed E-state index contributed by atoms with van der Waals surface area (Å²) < 4.78 is 8.97. The van der Waals surface area contributed by atoms with E-state index in [-0.39, 0.29) is 17.9 Å². The van der Waals surface area contributed by atoms with Gasteiger partial charge in [0, 0.05) is 32.5 Å². The number of nitrogens with one attached hydrogen (secondary N) is 1. The molecule has 5 rings (SSSR count). The standard InChI is InChI=1S/C27H33N5O3/c1-35-18-10-17-31-24(25(33)29-20-11-5-2-3-6-12-20)23-15-9-16-30(23)26-22(27(31)34)19-28-32(26)21-13-7-4-8-14-21/h4,7-9,13-16,19-20,24H,2-3,5-6,10-12,17-18H2,1H3,(H,29,33). The normalized spacial score (nSPS) is 18.5. The van der Waals surface area contributed by atoms with Crippen LogP contribution in [-0.4, -0.2) is 57.4 Å². The molecule has 1 atom stereocenters. The Balaban J connectivity index is 1.57. The van der Waals surface area contributed by atoms with Gasteiger partial charge in [-0.3, -0.25) is 9.59 Å². The van der Waals surface area contributed by atoms with Crippen LogP contribution < -0.4 is 5.32 Å². The lowest BCUT2D eigenvalue weighted by atomic mass is 10.1. The molecular weight excluding hydrogens is 442 g/mol. The van der Waals surface area contributed by atoms with E-state index in [0.717, 1.165) is 37.1 Å². The third-order valence-corrected chi connectivity index (χ3v) is 7.03. The second-order valence-electron chi connectivity index (χ2n) is 9.38. The number of methoxy groups -OCH3 is 1. The molecule has 1 N–H and O–H groups in total. The van der Waals surface area contributed by atoms with Gasteiger partial charge in [-0.2, -0.15) is 5.10 Å². The van der Waals surface area contributed by atoms with Gasteiger partial charge in [-0.15, -0.1) is 0 Å². The molecule has 8 heteroatoms. The summed E-state index contributed by atoms with van der Waals surface area (Å²) in [5.74, 6) is 0.345. The maximum Gasteiger partial charge on any atom is 0.260 e. The first-order chi connectivity index (χ1) is 17.2. The third-order valence-electron chi connectivity index (χ3n) is 7.03. The summed E-state index contributed by atoms with van der Waals surface area (Å²) in [5.41, 5.74) is 2.10. The number of rotatable bonds is 7. The SMILES string of the molecule is COCCCN1C(=O)c2cnn(-c3ccccc3)c2-n2cccc2C1C(=O)NC1CCCCCC1. The zero-order valence-corrected chi connectivity index (χ0v) is 20.2. The van der Waals surface area contributed by atoms with E-state index in [1.165, 1.54) is 12.8 Å². The highest BCUT2D eigenvalue weighted by atomic mass is 16.5. The number of para-hydroxylation sites is 1. The maximum atomic E-state index is 13.9. The molecule has 3 heterocycles. The molecule has 8 nitrogen and oxygen atoms in total. The molecule has 184 valence electrons. The van der Waals surface area contributed by atoms with Crippen molar-refractivity contribution in [2.75, 3.05) is 20.3 Å². The van der Waals surface area contributed by atoms with Crippen LogP contribution in [0.5, 0.6) is 0 Å². The summed E-state index contributed by atoms with van der Waals surface area (Å²) in [6.07, 6.45) is 10.8. The molecule has 0 spiro atoms.